The van der Waals surface area contributed by atoms with Crippen molar-refractivity contribution < 1.29 is 8.78 Å². The van der Waals surface area contributed by atoms with Crippen molar-refractivity contribution in [2.24, 2.45) is 0 Å². The lowest BCUT2D eigenvalue weighted by Gasteiger charge is -2.21. The molecule has 0 unspecified atom stereocenters. The van der Waals surface area contributed by atoms with Crippen LogP contribution in [0.2, 0.25) is 5.02 Å². The van der Waals surface area contributed by atoms with E-state index in [1.807, 2.05) is 33.8 Å². The largest absolute Gasteiger partial charge is 0.207 e. The Kier molecular flexibility index (Phi) is 3.88. The van der Waals surface area contributed by atoms with E-state index in [1.165, 1.54) is 12.1 Å². The van der Waals surface area contributed by atoms with E-state index in [9.17, 15) is 8.78 Å². The van der Waals surface area contributed by atoms with Crippen LogP contribution in [0.1, 0.15) is 31.9 Å². The fourth-order valence-corrected chi connectivity index (χ4v) is 2.42. The summed E-state index contributed by atoms with van der Waals surface area (Å²) in [6.07, 6.45) is 0. The summed E-state index contributed by atoms with van der Waals surface area (Å²) in [5.41, 5.74) is 2.41. The van der Waals surface area contributed by atoms with Gasteiger partial charge < -0.3 is 0 Å². The molecule has 2 aromatic carbocycles. The Hall–Kier alpha value is -1.41. The van der Waals surface area contributed by atoms with Gasteiger partial charge in [0.25, 0.3) is 0 Å². The predicted octanol–water partition coefficient (Wildman–Crippen LogP) is 5.89. The molecule has 0 aromatic heterocycles. The number of aryl methyl sites for hydroxylation is 1. The van der Waals surface area contributed by atoms with E-state index in [-0.39, 0.29) is 16.3 Å². The molecule has 0 fully saturated rings. The zero-order chi connectivity index (χ0) is 15.1. The monoisotopic (exact) mass is 294 g/mol. The summed E-state index contributed by atoms with van der Waals surface area (Å²) in [4.78, 5) is 0. The van der Waals surface area contributed by atoms with Crippen molar-refractivity contribution >= 4 is 11.6 Å². The second-order valence-corrected chi connectivity index (χ2v) is 6.49. The van der Waals surface area contributed by atoms with Gasteiger partial charge in [0, 0.05) is 0 Å². The smallest absolute Gasteiger partial charge is 0.145 e. The Labute approximate surface area is 123 Å². The lowest BCUT2D eigenvalue weighted by molar-refractivity contribution is 0.523. The Morgan fingerprint density at radius 3 is 2.05 bits per heavy atom. The second-order valence-electron chi connectivity index (χ2n) is 6.09. The quantitative estimate of drug-likeness (QED) is 0.615. The van der Waals surface area contributed by atoms with E-state index in [2.05, 4.69) is 0 Å². The van der Waals surface area contributed by atoms with Gasteiger partial charge >= 0.3 is 0 Å². The lowest BCUT2D eigenvalue weighted by Crippen LogP contribution is -2.14. The first-order chi connectivity index (χ1) is 9.18. The molecular weight excluding hydrogens is 278 g/mol. The predicted molar refractivity (Wildman–Crippen MR) is 80.2 cm³/mol. The first-order valence-electron chi connectivity index (χ1n) is 6.45. The fourth-order valence-electron chi connectivity index (χ4n) is 2.20. The first kappa shape index (κ1) is 15.0. The highest BCUT2D eigenvalue weighted by molar-refractivity contribution is 6.31. The zero-order valence-electron chi connectivity index (χ0n) is 12.0. The molecule has 0 heterocycles. The first-order valence-corrected chi connectivity index (χ1v) is 6.83. The third-order valence-electron chi connectivity index (χ3n) is 3.21. The van der Waals surface area contributed by atoms with Gasteiger partial charge in [-0.05, 0) is 58.9 Å². The molecule has 0 aliphatic rings. The number of halogens is 3. The van der Waals surface area contributed by atoms with Gasteiger partial charge in [-0.25, -0.2) is 8.78 Å². The highest BCUT2D eigenvalue weighted by atomic mass is 35.5. The van der Waals surface area contributed by atoms with Crippen LogP contribution >= 0.6 is 11.6 Å². The lowest BCUT2D eigenvalue weighted by atomic mass is 9.85. The normalized spacial score (nSPS) is 11.8. The summed E-state index contributed by atoms with van der Waals surface area (Å²) in [7, 11) is 0. The molecule has 0 nitrogen and oxygen atoms in total. The molecule has 0 amide bonds. The Morgan fingerprint density at radius 1 is 0.900 bits per heavy atom. The summed E-state index contributed by atoms with van der Waals surface area (Å²) in [6.45, 7) is 7.58. The van der Waals surface area contributed by atoms with Crippen LogP contribution in [0.25, 0.3) is 11.1 Å². The topological polar surface area (TPSA) is 0 Å². The number of hydrogen-bond donors (Lipinski definition) is 0. The van der Waals surface area contributed by atoms with E-state index in [0.29, 0.717) is 11.1 Å². The van der Waals surface area contributed by atoms with Gasteiger partial charge in [0.1, 0.15) is 11.6 Å². The van der Waals surface area contributed by atoms with Crippen molar-refractivity contribution in [3.8, 4) is 11.1 Å². The van der Waals surface area contributed by atoms with Crippen molar-refractivity contribution in [3.63, 3.8) is 0 Å². The van der Waals surface area contributed by atoms with E-state index in [0.717, 1.165) is 11.1 Å². The van der Waals surface area contributed by atoms with Gasteiger partial charge in [-0.15, -0.1) is 0 Å². The molecule has 0 saturated carbocycles. The van der Waals surface area contributed by atoms with Gasteiger partial charge in [-0.1, -0.05) is 38.4 Å². The SMILES string of the molecule is Cc1cc(F)cc(-c2cc(Cl)c(F)c(C(C)(C)C)c2)c1. The number of benzene rings is 2. The van der Waals surface area contributed by atoms with Crippen LogP contribution < -0.4 is 0 Å². The molecule has 0 N–H and O–H groups in total. The standard InChI is InChI=1S/C17H17ClF2/c1-10-5-11(7-13(19)6-10)12-8-14(17(2,3)4)16(20)15(18)9-12/h5-9H,1-4H3. The summed E-state index contributed by atoms with van der Waals surface area (Å²) < 4.78 is 27.7. The molecule has 0 aliphatic heterocycles. The highest BCUT2D eigenvalue weighted by Gasteiger charge is 2.21. The average Bonchev–Trinajstić information content (AvgIpc) is 2.29. The Balaban J connectivity index is 2.67. The van der Waals surface area contributed by atoms with Gasteiger partial charge in [-0.2, -0.15) is 0 Å². The van der Waals surface area contributed by atoms with E-state index >= 15 is 0 Å². The van der Waals surface area contributed by atoms with Crippen LogP contribution in [0.15, 0.2) is 30.3 Å². The molecule has 0 aliphatic carbocycles. The van der Waals surface area contributed by atoms with E-state index in [1.54, 1.807) is 12.1 Å². The molecule has 0 spiro atoms. The van der Waals surface area contributed by atoms with Crippen LogP contribution in [-0.4, -0.2) is 0 Å². The molecular formula is C17H17ClF2. The highest BCUT2D eigenvalue weighted by Crippen LogP contribution is 2.34. The van der Waals surface area contributed by atoms with Crippen molar-refractivity contribution in [2.45, 2.75) is 33.1 Å². The van der Waals surface area contributed by atoms with Crippen molar-refractivity contribution in [1.29, 1.82) is 0 Å². The van der Waals surface area contributed by atoms with Crippen LogP contribution in [0, 0.1) is 18.6 Å². The summed E-state index contributed by atoms with van der Waals surface area (Å²) in [5, 5.41) is 0.0642. The summed E-state index contributed by atoms with van der Waals surface area (Å²) >= 11 is 5.99. The Morgan fingerprint density at radius 2 is 1.50 bits per heavy atom. The molecule has 0 saturated heterocycles. The van der Waals surface area contributed by atoms with Crippen molar-refractivity contribution in [1.82, 2.24) is 0 Å². The minimum atomic E-state index is -0.406. The minimum Gasteiger partial charge on any atom is -0.207 e. The Bertz CT molecular complexity index is 635. The van der Waals surface area contributed by atoms with E-state index in [4.69, 9.17) is 11.6 Å². The van der Waals surface area contributed by atoms with Crippen LogP contribution in [0.5, 0.6) is 0 Å². The molecule has 2 rings (SSSR count). The summed E-state index contributed by atoms with van der Waals surface area (Å²) in [5.74, 6) is -0.714. The third-order valence-corrected chi connectivity index (χ3v) is 3.49. The molecule has 0 atom stereocenters. The van der Waals surface area contributed by atoms with Crippen LogP contribution in [-0.2, 0) is 5.41 Å². The van der Waals surface area contributed by atoms with Gasteiger partial charge in [-0.3, -0.25) is 0 Å². The molecule has 0 radical (unpaired) electrons. The third kappa shape index (κ3) is 3.01. The molecule has 3 heteroatoms. The van der Waals surface area contributed by atoms with Gasteiger partial charge in [0.15, 0.2) is 0 Å². The summed E-state index contributed by atoms with van der Waals surface area (Å²) in [6, 6.07) is 8.04. The average molecular weight is 295 g/mol. The maximum atomic E-state index is 14.1. The van der Waals surface area contributed by atoms with Crippen LogP contribution in [0.4, 0.5) is 8.78 Å². The maximum Gasteiger partial charge on any atom is 0.145 e. The second kappa shape index (κ2) is 5.17. The number of hydrogen-bond acceptors (Lipinski definition) is 0. The molecule has 0 bridgehead atoms. The van der Waals surface area contributed by atoms with Gasteiger partial charge in [0.2, 0.25) is 0 Å². The zero-order valence-corrected chi connectivity index (χ0v) is 12.8. The van der Waals surface area contributed by atoms with Crippen LogP contribution in [0.3, 0.4) is 0 Å². The fraction of sp³-hybridized carbons (Fsp3) is 0.294. The molecule has 20 heavy (non-hydrogen) atoms. The van der Waals surface area contributed by atoms with Gasteiger partial charge in [0.05, 0.1) is 5.02 Å². The van der Waals surface area contributed by atoms with E-state index < -0.39 is 5.82 Å². The number of rotatable bonds is 1. The molecule has 106 valence electrons. The maximum absolute atomic E-state index is 14.1. The van der Waals surface area contributed by atoms with Crippen molar-refractivity contribution in [2.75, 3.05) is 0 Å². The minimum absolute atomic E-state index is 0.0642. The molecule has 2 aromatic rings. The van der Waals surface area contributed by atoms with Crippen molar-refractivity contribution in [3.05, 3.63) is 58.1 Å².